The first-order valence-corrected chi connectivity index (χ1v) is 8.30. The Bertz CT molecular complexity index is 51.2. The van der Waals surface area contributed by atoms with Crippen molar-refractivity contribution < 1.29 is 0 Å². The summed E-state index contributed by atoms with van der Waals surface area (Å²) in [6, 6.07) is 0. The highest BCUT2D eigenvalue weighted by atomic mass is 15.0. The van der Waals surface area contributed by atoms with E-state index in [1.807, 2.05) is 33.1 Å². The van der Waals surface area contributed by atoms with Crippen molar-refractivity contribution in [2.24, 2.45) is 11.5 Å². The summed E-state index contributed by atoms with van der Waals surface area (Å²) in [5, 5.41) is 2.93. The number of rotatable bonds is 1. The van der Waals surface area contributed by atoms with Crippen molar-refractivity contribution in [3.8, 4) is 0 Å². The van der Waals surface area contributed by atoms with Crippen molar-refractivity contribution in [1.29, 1.82) is 0 Å². The molecule has 0 bridgehead atoms. The Morgan fingerprint density at radius 2 is 0.667 bits per heavy atom. The lowest BCUT2D eigenvalue weighted by molar-refractivity contribution is 0.505. The fraction of sp³-hybridized carbons (Fsp3) is 1.00. The van der Waals surface area contributed by atoms with Crippen LogP contribution in [-0.4, -0.2) is 53.7 Å². The van der Waals surface area contributed by atoms with Gasteiger partial charge in [0.15, 0.2) is 0 Å². The van der Waals surface area contributed by atoms with Gasteiger partial charge in [0.1, 0.15) is 0 Å². The molecule has 0 unspecified atom stereocenters. The summed E-state index contributed by atoms with van der Waals surface area (Å²) in [7, 11) is 10.9. The molecule has 0 aromatic rings. The van der Waals surface area contributed by atoms with Crippen LogP contribution in [0.1, 0.15) is 67.7 Å². The number of nitrogens with one attached hydrogen (secondary N) is 1. The quantitative estimate of drug-likeness (QED) is 0.689. The smallest absolute Gasteiger partial charge is 0.00804 e. The van der Waals surface area contributed by atoms with Gasteiger partial charge in [0.05, 0.1) is 0 Å². The minimum atomic E-state index is 1.07. The standard InChI is InChI=1S/2C3H9N.3C3H8.2CH5N/c1-4(2)3;1-3-4-2;3*1-3-2;2*1-2/h1-3H3;4H,3H2,1-2H3;3*3H2,1-2H3;2*2H2,1H3. The molecule has 5 N–H and O–H groups in total. The molecule has 0 rings (SSSR count). The summed E-state index contributed by atoms with van der Waals surface area (Å²) in [5.74, 6) is 0. The van der Waals surface area contributed by atoms with Crippen LogP contribution in [0.2, 0.25) is 0 Å². The first-order chi connectivity index (χ1) is 9.89. The van der Waals surface area contributed by atoms with Crippen molar-refractivity contribution in [1.82, 2.24) is 10.2 Å². The third kappa shape index (κ3) is 8950. The van der Waals surface area contributed by atoms with Gasteiger partial charge in [-0.05, 0) is 48.8 Å². The third-order valence-corrected chi connectivity index (χ3v) is 0.354. The van der Waals surface area contributed by atoms with Gasteiger partial charge < -0.3 is 21.7 Å². The zero-order valence-electron chi connectivity index (χ0n) is 17.9. The van der Waals surface area contributed by atoms with Crippen LogP contribution in [0, 0.1) is 0 Å². The predicted molar refractivity (Wildman–Crippen MR) is 107 cm³/mol. The van der Waals surface area contributed by atoms with Gasteiger partial charge in [-0.15, -0.1) is 0 Å². The molecule has 0 aromatic heterocycles. The molecule has 0 aliphatic rings. The molecule has 140 valence electrons. The summed E-state index contributed by atoms with van der Waals surface area (Å²) in [6.07, 6.45) is 3.75. The molecular formula is C17H52N4. The Morgan fingerprint density at radius 1 is 0.619 bits per heavy atom. The van der Waals surface area contributed by atoms with Gasteiger partial charge in [-0.1, -0.05) is 67.7 Å². The van der Waals surface area contributed by atoms with Crippen LogP contribution < -0.4 is 16.8 Å². The van der Waals surface area contributed by atoms with Gasteiger partial charge in [0.2, 0.25) is 0 Å². The Balaban J connectivity index is -0.0000000222. The normalized spacial score (nSPS) is 6.29. The molecular weight excluding hydrogens is 260 g/mol. The maximum absolute atomic E-state index is 4.50. The summed E-state index contributed by atoms with van der Waals surface area (Å²) in [4.78, 5) is 2.00. The van der Waals surface area contributed by atoms with Gasteiger partial charge in [0.25, 0.3) is 0 Å². The minimum Gasteiger partial charge on any atom is -0.333 e. The maximum atomic E-state index is 4.50. The highest BCUT2D eigenvalue weighted by Gasteiger charge is 1.58. The molecule has 0 aliphatic heterocycles. The topological polar surface area (TPSA) is 67.3 Å². The molecule has 0 aromatic carbocycles. The van der Waals surface area contributed by atoms with Crippen molar-refractivity contribution >= 4 is 0 Å². The second-order valence-electron chi connectivity index (χ2n) is 4.17. The molecule has 0 radical (unpaired) electrons. The van der Waals surface area contributed by atoms with E-state index in [9.17, 15) is 0 Å². The average molecular weight is 313 g/mol. The highest BCUT2D eigenvalue weighted by molar-refractivity contribution is 4.15. The zero-order valence-corrected chi connectivity index (χ0v) is 17.9. The largest absolute Gasteiger partial charge is 0.333 e. The molecule has 0 spiro atoms. The second-order valence-corrected chi connectivity index (χ2v) is 4.17. The highest BCUT2D eigenvalue weighted by Crippen LogP contribution is 1.57. The van der Waals surface area contributed by atoms with E-state index in [-0.39, 0.29) is 0 Å². The van der Waals surface area contributed by atoms with E-state index < -0.39 is 0 Å². The third-order valence-electron chi connectivity index (χ3n) is 0.354. The van der Waals surface area contributed by atoms with Crippen molar-refractivity contribution in [2.75, 3.05) is 48.8 Å². The molecule has 0 saturated heterocycles. The lowest BCUT2D eigenvalue weighted by atomic mass is 10.6. The van der Waals surface area contributed by atoms with Crippen LogP contribution in [-0.2, 0) is 0 Å². The minimum absolute atomic E-state index is 1.07. The molecule has 4 nitrogen and oxygen atoms in total. The zero-order chi connectivity index (χ0) is 19.1. The van der Waals surface area contributed by atoms with Gasteiger partial charge in [0, 0.05) is 0 Å². The number of hydrogen-bond acceptors (Lipinski definition) is 4. The van der Waals surface area contributed by atoms with Crippen LogP contribution >= 0.6 is 0 Å². The first-order valence-electron chi connectivity index (χ1n) is 8.30. The van der Waals surface area contributed by atoms with Crippen LogP contribution in [0.15, 0.2) is 0 Å². The average Bonchev–Trinajstić information content (AvgIpc) is 2.45. The van der Waals surface area contributed by atoms with E-state index in [1.165, 1.54) is 33.4 Å². The predicted octanol–water partition coefficient (Wildman–Crippen LogP) is 3.80. The second kappa shape index (κ2) is 115. The Hall–Kier alpha value is -0.160. The van der Waals surface area contributed by atoms with Crippen LogP contribution in [0.25, 0.3) is 0 Å². The summed E-state index contributed by atoms with van der Waals surface area (Å²) in [5.41, 5.74) is 9.00. The molecule has 0 heterocycles. The van der Waals surface area contributed by atoms with Crippen LogP contribution in [0.3, 0.4) is 0 Å². The van der Waals surface area contributed by atoms with Gasteiger partial charge >= 0.3 is 0 Å². The first kappa shape index (κ1) is 42.8. The van der Waals surface area contributed by atoms with E-state index in [4.69, 9.17) is 0 Å². The Morgan fingerprint density at radius 3 is 0.667 bits per heavy atom. The lowest BCUT2D eigenvalue weighted by Gasteiger charge is -1.90. The number of hydrogen-bond donors (Lipinski definition) is 3. The Labute approximate surface area is 139 Å². The van der Waals surface area contributed by atoms with Crippen LogP contribution in [0.4, 0.5) is 0 Å². The van der Waals surface area contributed by atoms with Gasteiger partial charge in [-0.3, -0.25) is 0 Å². The Kier molecular flexibility index (Phi) is 234. The summed E-state index contributed by atoms with van der Waals surface area (Å²) < 4.78 is 0. The molecule has 0 fully saturated rings. The van der Waals surface area contributed by atoms with E-state index in [2.05, 4.69) is 65.3 Å². The molecule has 0 atom stereocenters. The van der Waals surface area contributed by atoms with Gasteiger partial charge in [-0.2, -0.15) is 0 Å². The number of nitrogens with two attached hydrogens (primary N) is 2. The van der Waals surface area contributed by atoms with E-state index in [0.29, 0.717) is 0 Å². The van der Waals surface area contributed by atoms with E-state index in [0.717, 1.165) is 6.54 Å². The lowest BCUT2D eigenvalue weighted by Crippen LogP contribution is -2.01. The molecule has 0 saturated carbocycles. The van der Waals surface area contributed by atoms with Gasteiger partial charge in [-0.25, -0.2) is 0 Å². The SMILES string of the molecule is CCC.CCC.CCC.CCNC.CN.CN.CN(C)C. The molecule has 0 aliphatic carbocycles. The molecule has 0 amide bonds. The monoisotopic (exact) mass is 312 g/mol. The molecule has 4 heteroatoms. The fourth-order valence-corrected chi connectivity index (χ4v) is 0. The van der Waals surface area contributed by atoms with Crippen LogP contribution in [0.5, 0.6) is 0 Å². The molecule has 21 heavy (non-hydrogen) atoms. The van der Waals surface area contributed by atoms with Crippen molar-refractivity contribution in [2.45, 2.75) is 67.7 Å². The van der Waals surface area contributed by atoms with E-state index >= 15 is 0 Å². The summed E-state index contributed by atoms with van der Waals surface area (Å²) >= 11 is 0. The fourth-order valence-electron chi connectivity index (χ4n) is 0. The van der Waals surface area contributed by atoms with Crippen molar-refractivity contribution in [3.63, 3.8) is 0 Å². The number of nitrogens with zero attached hydrogens (tertiary/aromatic N) is 1. The maximum Gasteiger partial charge on any atom is -0.00804 e. The van der Waals surface area contributed by atoms with E-state index in [1.54, 1.807) is 0 Å². The van der Waals surface area contributed by atoms with Crippen molar-refractivity contribution in [3.05, 3.63) is 0 Å². The summed E-state index contributed by atoms with van der Waals surface area (Å²) in [6.45, 7) is 15.9.